The third-order valence-electron chi connectivity index (χ3n) is 2.84. The molecule has 1 heterocycles. The molecule has 15 heavy (non-hydrogen) atoms. The van der Waals surface area contributed by atoms with E-state index in [2.05, 4.69) is 0 Å². The smallest absolute Gasteiger partial charge is 0.167 e. The van der Waals surface area contributed by atoms with E-state index in [1.807, 2.05) is 18.2 Å². The van der Waals surface area contributed by atoms with Crippen molar-refractivity contribution in [2.75, 3.05) is 13.2 Å². The maximum atomic E-state index is 11.6. The van der Waals surface area contributed by atoms with Crippen LogP contribution in [0.4, 0.5) is 0 Å². The number of aryl methyl sites for hydroxylation is 1. The summed E-state index contributed by atoms with van der Waals surface area (Å²) in [6.45, 7) is 1.34. The van der Waals surface area contributed by atoms with Crippen LogP contribution in [0.1, 0.15) is 22.3 Å². The monoisotopic (exact) mass is 204 g/mol. The molecule has 1 saturated heterocycles. The van der Waals surface area contributed by atoms with E-state index in [9.17, 15) is 4.79 Å². The largest absolute Gasteiger partial charge is 0.490 e. The first-order valence-corrected chi connectivity index (χ1v) is 5.24. The number of Topliss-reactive ketones (excluding diaryl/α,β-unsaturated/α-hetero) is 1. The highest BCUT2D eigenvalue weighted by Crippen LogP contribution is 2.30. The molecule has 78 valence electrons. The first kappa shape index (κ1) is 8.92. The summed E-state index contributed by atoms with van der Waals surface area (Å²) in [5.74, 6) is 0.933. The van der Waals surface area contributed by atoms with Crippen molar-refractivity contribution in [3.8, 4) is 5.75 Å². The molecule has 2 aliphatic rings. The van der Waals surface area contributed by atoms with E-state index in [-0.39, 0.29) is 11.9 Å². The number of ketones is 1. The minimum Gasteiger partial charge on any atom is -0.490 e. The number of epoxide rings is 1. The van der Waals surface area contributed by atoms with E-state index in [1.165, 1.54) is 0 Å². The second-order valence-electron chi connectivity index (χ2n) is 3.98. The van der Waals surface area contributed by atoms with Crippen LogP contribution in [-0.2, 0) is 11.2 Å². The van der Waals surface area contributed by atoms with Gasteiger partial charge in [-0.15, -0.1) is 0 Å². The van der Waals surface area contributed by atoms with Crippen LogP contribution in [0.25, 0.3) is 0 Å². The molecule has 1 aromatic rings. The topological polar surface area (TPSA) is 38.8 Å². The lowest BCUT2D eigenvalue weighted by Crippen LogP contribution is -2.07. The molecule has 3 heteroatoms. The summed E-state index contributed by atoms with van der Waals surface area (Å²) in [6, 6.07) is 5.81. The second-order valence-corrected chi connectivity index (χ2v) is 3.98. The molecule has 3 rings (SSSR count). The quantitative estimate of drug-likeness (QED) is 0.702. The van der Waals surface area contributed by atoms with Crippen molar-refractivity contribution in [3.63, 3.8) is 0 Å². The fourth-order valence-corrected chi connectivity index (χ4v) is 1.94. The molecule has 0 radical (unpaired) electrons. The van der Waals surface area contributed by atoms with Crippen LogP contribution in [-0.4, -0.2) is 25.1 Å². The first-order valence-electron chi connectivity index (χ1n) is 5.24. The van der Waals surface area contributed by atoms with Gasteiger partial charge in [-0.25, -0.2) is 0 Å². The molecule has 1 unspecified atom stereocenters. The molecule has 1 atom stereocenters. The summed E-state index contributed by atoms with van der Waals surface area (Å²) < 4.78 is 10.7. The van der Waals surface area contributed by atoms with Crippen molar-refractivity contribution in [1.82, 2.24) is 0 Å². The Hall–Kier alpha value is -1.35. The predicted molar refractivity (Wildman–Crippen MR) is 54.3 cm³/mol. The Kier molecular flexibility index (Phi) is 1.99. The average molecular weight is 204 g/mol. The zero-order valence-corrected chi connectivity index (χ0v) is 8.36. The number of benzene rings is 1. The number of fused-ring (bicyclic) bond motifs is 1. The van der Waals surface area contributed by atoms with Gasteiger partial charge in [0.05, 0.1) is 12.2 Å². The fraction of sp³-hybridized carbons (Fsp3) is 0.417. The molecule has 0 spiro atoms. The standard InChI is InChI=1S/C12H12O3/c13-10-5-4-8-2-1-3-11(12(8)10)15-7-9-6-14-9/h1-3,9H,4-7H2. The summed E-state index contributed by atoms with van der Waals surface area (Å²) in [4.78, 5) is 11.6. The van der Waals surface area contributed by atoms with Crippen LogP contribution in [0.15, 0.2) is 18.2 Å². The van der Waals surface area contributed by atoms with E-state index >= 15 is 0 Å². The molecule has 1 aromatic carbocycles. The lowest BCUT2D eigenvalue weighted by Gasteiger charge is -2.08. The molecular formula is C12H12O3. The van der Waals surface area contributed by atoms with E-state index in [0.29, 0.717) is 13.0 Å². The predicted octanol–water partition coefficient (Wildman–Crippen LogP) is 1.59. The molecule has 0 bridgehead atoms. The van der Waals surface area contributed by atoms with Crippen molar-refractivity contribution < 1.29 is 14.3 Å². The minimum atomic E-state index is 0.206. The molecule has 1 aliphatic carbocycles. The third-order valence-corrected chi connectivity index (χ3v) is 2.84. The Morgan fingerprint density at radius 1 is 1.40 bits per heavy atom. The normalized spacial score (nSPS) is 22.7. The van der Waals surface area contributed by atoms with E-state index in [1.54, 1.807) is 0 Å². The molecule has 1 aliphatic heterocycles. The van der Waals surface area contributed by atoms with Gasteiger partial charge in [-0.05, 0) is 18.1 Å². The summed E-state index contributed by atoms with van der Waals surface area (Å²) in [6.07, 6.45) is 1.71. The maximum absolute atomic E-state index is 11.6. The minimum absolute atomic E-state index is 0.206. The van der Waals surface area contributed by atoms with Gasteiger partial charge in [0.25, 0.3) is 0 Å². The zero-order valence-electron chi connectivity index (χ0n) is 8.36. The Balaban J connectivity index is 1.86. The van der Waals surface area contributed by atoms with Gasteiger partial charge in [-0.1, -0.05) is 12.1 Å². The summed E-state index contributed by atoms with van der Waals surface area (Å²) >= 11 is 0. The van der Waals surface area contributed by atoms with Gasteiger partial charge in [0.1, 0.15) is 18.5 Å². The first-order chi connectivity index (χ1) is 7.34. The highest BCUT2D eigenvalue weighted by molar-refractivity contribution is 6.02. The Morgan fingerprint density at radius 2 is 2.27 bits per heavy atom. The molecule has 0 saturated carbocycles. The van der Waals surface area contributed by atoms with Crippen molar-refractivity contribution in [2.45, 2.75) is 18.9 Å². The molecule has 0 amide bonds. The van der Waals surface area contributed by atoms with Crippen molar-refractivity contribution >= 4 is 5.78 Å². The van der Waals surface area contributed by atoms with Crippen LogP contribution in [0, 0.1) is 0 Å². The Bertz CT molecular complexity index is 407. The summed E-state index contributed by atoms with van der Waals surface area (Å²) in [5, 5.41) is 0. The van der Waals surface area contributed by atoms with Crippen LogP contribution < -0.4 is 4.74 Å². The van der Waals surface area contributed by atoms with Crippen molar-refractivity contribution in [2.24, 2.45) is 0 Å². The zero-order chi connectivity index (χ0) is 10.3. The van der Waals surface area contributed by atoms with E-state index in [4.69, 9.17) is 9.47 Å². The average Bonchev–Trinajstić information content (AvgIpc) is 3.00. The Morgan fingerprint density at radius 3 is 3.07 bits per heavy atom. The highest BCUT2D eigenvalue weighted by Gasteiger charge is 2.26. The fourth-order valence-electron chi connectivity index (χ4n) is 1.94. The van der Waals surface area contributed by atoms with Crippen molar-refractivity contribution in [3.05, 3.63) is 29.3 Å². The Labute approximate surface area is 88.0 Å². The van der Waals surface area contributed by atoms with Crippen LogP contribution in [0.2, 0.25) is 0 Å². The molecule has 1 fully saturated rings. The van der Waals surface area contributed by atoms with Gasteiger partial charge in [-0.3, -0.25) is 4.79 Å². The van der Waals surface area contributed by atoms with Crippen molar-refractivity contribution in [1.29, 1.82) is 0 Å². The summed E-state index contributed by atoms with van der Waals surface area (Å²) in [5.41, 5.74) is 1.91. The SMILES string of the molecule is O=C1CCc2cccc(OCC3CO3)c21. The van der Waals surface area contributed by atoms with Gasteiger partial charge < -0.3 is 9.47 Å². The van der Waals surface area contributed by atoms with Crippen LogP contribution >= 0.6 is 0 Å². The molecule has 0 N–H and O–H groups in total. The number of hydrogen-bond acceptors (Lipinski definition) is 3. The number of carbonyl (C=O) groups is 1. The lowest BCUT2D eigenvalue weighted by atomic mass is 10.1. The van der Waals surface area contributed by atoms with Gasteiger partial charge in [0, 0.05) is 6.42 Å². The lowest BCUT2D eigenvalue weighted by molar-refractivity contribution is 0.0990. The van der Waals surface area contributed by atoms with Crippen LogP contribution in [0.5, 0.6) is 5.75 Å². The molecule has 0 aromatic heterocycles. The van der Waals surface area contributed by atoms with Gasteiger partial charge in [0.15, 0.2) is 5.78 Å². The number of ether oxygens (including phenoxy) is 2. The summed E-state index contributed by atoms with van der Waals surface area (Å²) in [7, 11) is 0. The number of hydrogen-bond donors (Lipinski definition) is 0. The number of carbonyl (C=O) groups excluding carboxylic acids is 1. The maximum Gasteiger partial charge on any atom is 0.167 e. The second kappa shape index (κ2) is 3.35. The molecule has 3 nitrogen and oxygen atoms in total. The van der Waals surface area contributed by atoms with E-state index < -0.39 is 0 Å². The molecular weight excluding hydrogens is 192 g/mol. The van der Waals surface area contributed by atoms with Gasteiger partial charge in [-0.2, -0.15) is 0 Å². The van der Waals surface area contributed by atoms with Crippen LogP contribution in [0.3, 0.4) is 0 Å². The highest BCUT2D eigenvalue weighted by atomic mass is 16.6. The van der Waals surface area contributed by atoms with Gasteiger partial charge >= 0.3 is 0 Å². The third kappa shape index (κ3) is 1.63. The van der Waals surface area contributed by atoms with Gasteiger partial charge in [0.2, 0.25) is 0 Å². The van der Waals surface area contributed by atoms with E-state index in [0.717, 1.165) is 29.9 Å². The number of rotatable bonds is 3.